The lowest BCUT2D eigenvalue weighted by molar-refractivity contribution is 0.0948. The van der Waals surface area contributed by atoms with Gasteiger partial charge in [-0.1, -0.05) is 0 Å². The monoisotopic (exact) mass is 191 g/mol. The molecule has 3 nitrogen and oxygen atoms in total. The summed E-state index contributed by atoms with van der Waals surface area (Å²) < 4.78 is 5.10. The van der Waals surface area contributed by atoms with Crippen LogP contribution in [0.2, 0.25) is 0 Å². The van der Waals surface area contributed by atoms with Gasteiger partial charge < -0.3 is 10.5 Å². The van der Waals surface area contributed by atoms with Crippen molar-refractivity contribution >= 4 is 5.78 Å². The Kier molecular flexibility index (Phi) is 2.25. The lowest BCUT2D eigenvalue weighted by Gasteiger charge is -2.20. The molecule has 2 rings (SSSR count). The van der Waals surface area contributed by atoms with Gasteiger partial charge >= 0.3 is 0 Å². The van der Waals surface area contributed by atoms with Crippen LogP contribution in [-0.4, -0.2) is 18.9 Å². The summed E-state index contributed by atoms with van der Waals surface area (Å²) in [7, 11) is 1.62. The number of fused-ring (bicyclic) bond motifs is 1. The molecule has 0 aliphatic heterocycles. The Morgan fingerprint density at radius 3 is 3.00 bits per heavy atom. The first kappa shape index (κ1) is 9.21. The van der Waals surface area contributed by atoms with E-state index in [1.54, 1.807) is 19.2 Å². The lowest BCUT2D eigenvalue weighted by Crippen LogP contribution is -2.35. The van der Waals surface area contributed by atoms with Gasteiger partial charge in [0.05, 0.1) is 13.2 Å². The standard InChI is InChI=1S/C11H13NO2/c1-14-8-3-4-9-7(6-8)2-5-10(12)11(9)13/h3-4,6,10H,2,5,12H2,1H3/t10-/m1/s1. The topological polar surface area (TPSA) is 52.3 Å². The summed E-state index contributed by atoms with van der Waals surface area (Å²) in [6.45, 7) is 0. The summed E-state index contributed by atoms with van der Waals surface area (Å²) in [4.78, 5) is 11.7. The van der Waals surface area contributed by atoms with E-state index in [4.69, 9.17) is 10.5 Å². The maximum atomic E-state index is 11.7. The summed E-state index contributed by atoms with van der Waals surface area (Å²) in [5.41, 5.74) is 7.49. The van der Waals surface area contributed by atoms with E-state index in [0.717, 1.165) is 29.7 Å². The normalized spacial score (nSPS) is 20.4. The van der Waals surface area contributed by atoms with E-state index in [1.165, 1.54) is 0 Å². The van der Waals surface area contributed by atoms with Gasteiger partial charge in [0, 0.05) is 5.56 Å². The van der Waals surface area contributed by atoms with Crippen LogP contribution in [-0.2, 0) is 6.42 Å². The molecular formula is C11H13NO2. The summed E-state index contributed by atoms with van der Waals surface area (Å²) in [6.07, 6.45) is 1.60. The Morgan fingerprint density at radius 2 is 2.29 bits per heavy atom. The van der Waals surface area contributed by atoms with E-state index in [0.29, 0.717) is 0 Å². The zero-order chi connectivity index (χ0) is 10.1. The van der Waals surface area contributed by atoms with Crippen molar-refractivity contribution in [3.05, 3.63) is 29.3 Å². The minimum absolute atomic E-state index is 0.0499. The molecule has 0 radical (unpaired) electrons. The highest BCUT2D eigenvalue weighted by Gasteiger charge is 2.24. The molecule has 0 spiro atoms. The van der Waals surface area contributed by atoms with Crippen molar-refractivity contribution in [3.8, 4) is 5.75 Å². The molecule has 0 saturated heterocycles. The predicted octanol–water partition coefficient (Wildman–Crippen LogP) is 1.15. The third kappa shape index (κ3) is 1.40. The average molecular weight is 191 g/mol. The van der Waals surface area contributed by atoms with Gasteiger partial charge in [0.2, 0.25) is 0 Å². The molecule has 74 valence electrons. The van der Waals surface area contributed by atoms with Crippen molar-refractivity contribution in [1.82, 2.24) is 0 Å². The Bertz CT molecular complexity index is 374. The molecule has 0 unspecified atom stereocenters. The van der Waals surface area contributed by atoms with E-state index < -0.39 is 0 Å². The number of ketones is 1. The number of ether oxygens (including phenoxy) is 1. The third-order valence-electron chi connectivity index (χ3n) is 2.64. The average Bonchev–Trinajstić information content (AvgIpc) is 2.23. The first-order chi connectivity index (χ1) is 6.72. The van der Waals surface area contributed by atoms with Crippen LogP contribution in [0.15, 0.2) is 18.2 Å². The van der Waals surface area contributed by atoms with Gasteiger partial charge in [-0.05, 0) is 36.6 Å². The second-order valence-electron chi connectivity index (χ2n) is 3.53. The summed E-state index contributed by atoms with van der Waals surface area (Å²) in [5, 5.41) is 0. The van der Waals surface area contributed by atoms with Crippen molar-refractivity contribution in [2.75, 3.05) is 7.11 Å². The van der Waals surface area contributed by atoms with Crippen LogP contribution < -0.4 is 10.5 Å². The van der Waals surface area contributed by atoms with Crippen LogP contribution in [0, 0.1) is 0 Å². The van der Waals surface area contributed by atoms with Gasteiger partial charge in [0.25, 0.3) is 0 Å². The minimum atomic E-state index is -0.323. The molecule has 0 saturated carbocycles. The van der Waals surface area contributed by atoms with E-state index in [2.05, 4.69) is 0 Å². The Morgan fingerprint density at radius 1 is 1.50 bits per heavy atom. The molecule has 2 N–H and O–H groups in total. The number of nitrogens with two attached hydrogens (primary N) is 1. The second-order valence-corrected chi connectivity index (χ2v) is 3.53. The molecular weight excluding hydrogens is 178 g/mol. The molecule has 3 heteroatoms. The van der Waals surface area contributed by atoms with Crippen molar-refractivity contribution in [2.24, 2.45) is 5.73 Å². The second kappa shape index (κ2) is 3.42. The SMILES string of the molecule is COc1ccc2c(c1)CC[C@@H](N)C2=O. The quantitative estimate of drug-likeness (QED) is 0.724. The maximum Gasteiger partial charge on any atom is 0.179 e. The van der Waals surface area contributed by atoms with Gasteiger partial charge in [-0.25, -0.2) is 0 Å². The van der Waals surface area contributed by atoms with Crippen LogP contribution in [0.3, 0.4) is 0 Å². The highest BCUT2D eigenvalue weighted by molar-refractivity contribution is 6.02. The number of aryl methyl sites for hydroxylation is 1. The first-order valence-corrected chi connectivity index (χ1v) is 4.69. The zero-order valence-electron chi connectivity index (χ0n) is 8.12. The first-order valence-electron chi connectivity index (χ1n) is 4.69. The number of benzene rings is 1. The fraction of sp³-hybridized carbons (Fsp3) is 0.364. The van der Waals surface area contributed by atoms with Gasteiger partial charge in [-0.15, -0.1) is 0 Å². The van der Waals surface area contributed by atoms with Crippen molar-refractivity contribution in [3.63, 3.8) is 0 Å². The van der Waals surface area contributed by atoms with Crippen molar-refractivity contribution in [2.45, 2.75) is 18.9 Å². The van der Waals surface area contributed by atoms with Crippen LogP contribution >= 0.6 is 0 Å². The van der Waals surface area contributed by atoms with Crippen molar-refractivity contribution < 1.29 is 9.53 Å². The molecule has 1 aromatic rings. The number of hydrogen-bond acceptors (Lipinski definition) is 3. The van der Waals surface area contributed by atoms with Crippen LogP contribution in [0.1, 0.15) is 22.3 Å². The Labute approximate surface area is 82.9 Å². The highest BCUT2D eigenvalue weighted by atomic mass is 16.5. The number of Topliss-reactive ketones (excluding diaryl/α,β-unsaturated/α-hetero) is 1. The number of carbonyl (C=O) groups excluding carboxylic acids is 1. The molecule has 1 atom stereocenters. The summed E-state index contributed by atoms with van der Waals surface area (Å²) in [6, 6.07) is 5.19. The fourth-order valence-electron chi connectivity index (χ4n) is 1.79. The molecule has 14 heavy (non-hydrogen) atoms. The highest BCUT2D eigenvalue weighted by Crippen LogP contribution is 2.24. The molecule has 0 bridgehead atoms. The maximum absolute atomic E-state index is 11.7. The number of methoxy groups -OCH3 is 1. The predicted molar refractivity (Wildman–Crippen MR) is 53.6 cm³/mol. The molecule has 1 aliphatic carbocycles. The molecule has 0 fully saturated rings. The Balaban J connectivity index is 2.44. The molecule has 0 amide bonds. The third-order valence-corrected chi connectivity index (χ3v) is 2.64. The lowest BCUT2D eigenvalue weighted by atomic mass is 9.87. The zero-order valence-corrected chi connectivity index (χ0v) is 8.12. The molecule has 1 aromatic carbocycles. The minimum Gasteiger partial charge on any atom is -0.497 e. The van der Waals surface area contributed by atoms with Crippen molar-refractivity contribution in [1.29, 1.82) is 0 Å². The molecule has 0 heterocycles. The van der Waals surface area contributed by atoms with E-state index in [-0.39, 0.29) is 11.8 Å². The van der Waals surface area contributed by atoms with E-state index in [1.807, 2.05) is 6.07 Å². The van der Waals surface area contributed by atoms with Crippen LogP contribution in [0.25, 0.3) is 0 Å². The summed E-state index contributed by atoms with van der Waals surface area (Å²) in [5.74, 6) is 0.848. The molecule has 0 aromatic heterocycles. The van der Waals surface area contributed by atoms with Gasteiger partial charge in [-0.3, -0.25) is 4.79 Å². The van der Waals surface area contributed by atoms with E-state index >= 15 is 0 Å². The number of hydrogen-bond donors (Lipinski definition) is 1. The summed E-state index contributed by atoms with van der Waals surface area (Å²) >= 11 is 0. The molecule has 1 aliphatic rings. The van der Waals surface area contributed by atoms with Gasteiger partial charge in [-0.2, -0.15) is 0 Å². The fourth-order valence-corrected chi connectivity index (χ4v) is 1.79. The Hall–Kier alpha value is -1.35. The van der Waals surface area contributed by atoms with Crippen LogP contribution in [0.5, 0.6) is 5.75 Å². The largest absolute Gasteiger partial charge is 0.497 e. The van der Waals surface area contributed by atoms with Crippen LogP contribution in [0.4, 0.5) is 0 Å². The smallest absolute Gasteiger partial charge is 0.179 e. The van der Waals surface area contributed by atoms with Gasteiger partial charge in [0.15, 0.2) is 5.78 Å². The number of carbonyl (C=O) groups is 1. The van der Waals surface area contributed by atoms with Gasteiger partial charge in [0.1, 0.15) is 5.75 Å². The number of rotatable bonds is 1. The van der Waals surface area contributed by atoms with E-state index in [9.17, 15) is 4.79 Å².